The van der Waals surface area contributed by atoms with Gasteiger partial charge in [-0.05, 0) is 83.3 Å². The van der Waals surface area contributed by atoms with E-state index < -0.39 is 17.5 Å². The summed E-state index contributed by atoms with van der Waals surface area (Å²) in [6.45, 7) is 10.6. The number of rotatable bonds is 11. The van der Waals surface area contributed by atoms with Crippen molar-refractivity contribution >= 4 is 18.2 Å². The fourth-order valence-electron chi connectivity index (χ4n) is 5.36. The predicted octanol–water partition coefficient (Wildman–Crippen LogP) is 7.18. The first kappa shape index (κ1) is 30.5. The summed E-state index contributed by atoms with van der Waals surface area (Å²) in [6, 6.07) is 22.7. The molecule has 3 aromatic carbocycles. The van der Waals surface area contributed by atoms with Crippen LogP contribution in [0.4, 0.5) is 0 Å². The van der Waals surface area contributed by atoms with E-state index in [1.54, 1.807) is 48.5 Å². The van der Waals surface area contributed by atoms with Crippen molar-refractivity contribution < 1.29 is 28.6 Å². The Morgan fingerprint density at radius 3 is 1.98 bits per heavy atom. The van der Waals surface area contributed by atoms with Crippen molar-refractivity contribution in [1.82, 2.24) is 0 Å². The van der Waals surface area contributed by atoms with Crippen molar-refractivity contribution in [2.24, 2.45) is 16.2 Å². The molecule has 1 aliphatic rings. The van der Waals surface area contributed by atoms with Crippen LogP contribution in [0.15, 0.2) is 72.8 Å². The Balaban J connectivity index is 1.27. The predicted molar refractivity (Wildman–Crippen MR) is 159 cm³/mol. The number of hydrogen-bond donors (Lipinski definition) is 0. The van der Waals surface area contributed by atoms with Gasteiger partial charge in [0.05, 0.1) is 29.2 Å². The highest BCUT2D eigenvalue weighted by molar-refractivity contribution is 5.91. The third-order valence-electron chi connectivity index (χ3n) is 7.71. The molecule has 0 amide bonds. The number of aldehydes is 1. The van der Waals surface area contributed by atoms with Gasteiger partial charge < -0.3 is 14.2 Å². The Kier molecular flexibility index (Phi) is 8.86. The molecule has 7 heteroatoms. The third kappa shape index (κ3) is 7.25. The molecule has 1 fully saturated rings. The van der Waals surface area contributed by atoms with Crippen LogP contribution >= 0.6 is 0 Å². The molecular formula is C35H37NO6. The maximum Gasteiger partial charge on any atom is 0.343 e. The molecule has 2 atom stereocenters. The fraction of sp³-hybridized carbons (Fsp3) is 0.371. The monoisotopic (exact) mass is 567 g/mol. The topological polar surface area (TPSA) is 103 Å². The van der Waals surface area contributed by atoms with Crippen LogP contribution in [-0.2, 0) is 14.3 Å². The third-order valence-corrected chi connectivity index (χ3v) is 7.71. The van der Waals surface area contributed by atoms with Gasteiger partial charge in [0, 0.05) is 6.42 Å². The number of carbonyl (C=O) groups excluding carboxylic acids is 3. The molecule has 4 rings (SSSR count). The van der Waals surface area contributed by atoms with Gasteiger partial charge >= 0.3 is 11.9 Å². The van der Waals surface area contributed by atoms with Crippen molar-refractivity contribution in [3.05, 3.63) is 83.9 Å². The average Bonchev–Trinajstić information content (AvgIpc) is 3.52. The van der Waals surface area contributed by atoms with Crippen molar-refractivity contribution in [2.45, 2.75) is 60.0 Å². The normalized spacial score (nSPS) is 17.8. The van der Waals surface area contributed by atoms with E-state index in [9.17, 15) is 14.4 Å². The Morgan fingerprint density at radius 1 is 0.929 bits per heavy atom. The molecule has 0 saturated heterocycles. The Bertz CT molecular complexity index is 1460. The van der Waals surface area contributed by atoms with E-state index in [1.165, 1.54) is 0 Å². The number of esters is 2. The molecule has 0 aliphatic heterocycles. The maximum atomic E-state index is 13.0. The van der Waals surface area contributed by atoms with E-state index >= 15 is 0 Å². The van der Waals surface area contributed by atoms with Gasteiger partial charge in [-0.1, -0.05) is 58.9 Å². The van der Waals surface area contributed by atoms with Gasteiger partial charge in [-0.25, -0.2) is 4.79 Å². The van der Waals surface area contributed by atoms with Crippen LogP contribution in [0, 0.1) is 27.6 Å². The molecule has 1 aliphatic carbocycles. The summed E-state index contributed by atoms with van der Waals surface area (Å²) in [7, 11) is 0. The van der Waals surface area contributed by atoms with Crippen LogP contribution in [0.1, 0.15) is 69.8 Å². The molecule has 0 heterocycles. The highest BCUT2D eigenvalue weighted by Gasteiger charge is 2.67. The molecule has 0 N–H and O–H groups in total. The first-order chi connectivity index (χ1) is 19.9. The van der Waals surface area contributed by atoms with E-state index in [0.29, 0.717) is 28.9 Å². The van der Waals surface area contributed by atoms with Gasteiger partial charge in [-0.3, -0.25) is 9.59 Å². The average molecular weight is 568 g/mol. The summed E-state index contributed by atoms with van der Waals surface area (Å²) in [4.78, 5) is 37.3. The molecule has 218 valence electrons. The lowest BCUT2D eigenvalue weighted by Crippen LogP contribution is -2.30. The van der Waals surface area contributed by atoms with E-state index in [2.05, 4.69) is 40.7 Å². The molecule has 7 nitrogen and oxygen atoms in total. The van der Waals surface area contributed by atoms with Crippen LogP contribution in [0.2, 0.25) is 0 Å². The first-order valence-electron chi connectivity index (χ1n) is 14.1. The number of hydrogen-bond acceptors (Lipinski definition) is 7. The van der Waals surface area contributed by atoms with Crippen LogP contribution in [0.25, 0.3) is 11.1 Å². The Morgan fingerprint density at radius 2 is 1.48 bits per heavy atom. The Hall–Kier alpha value is -4.44. The number of nitriles is 1. The van der Waals surface area contributed by atoms with Crippen molar-refractivity contribution in [2.75, 3.05) is 6.61 Å². The lowest BCUT2D eigenvalue weighted by atomic mass is 9.79. The molecule has 2 unspecified atom stereocenters. The zero-order chi connectivity index (χ0) is 30.5. The lowest BCUT2D eigenvalue weighted by Gasteiger charge is -2.27. The second-order valence-corrected chi connectivity index (χ2v) is 12.7. The second-order valence-electron chi connectivity index (χ2n) is 12.7. The van der Waals surface area contributed by atoms with Crippen molar-refractivity contribution in [3.63, 3.8) is 0 Å². The minimum absolute atomic E-state index is 0.00238. The van der Waals surface area contributed by atoms with Crippen LogP contribution in [-0.4, -0.2) is 30.9 Å². The van der Waals surface area contributed by atoms with Gasteiger partial charge in [0.25, 0.3) is 0 Å². The summed E-state index contributed by atoms with van der Waals surface area (Å²) >= 11 is 0. The minimum atomic E-state index is -0.795. The van der Waals surface area contributed by atoms with E-state index in [-0.39, 0.29) is 29.8 Å². The fourth-order valence-corrected chi connectivity index (χ4v) is 5.36. The maximum absolute atomic E-state index is 13.0. The molecule has 0 aromatic heterocycles. The number of nitrogens with zero attached hydrogens (tertiary/aromatic N) is 1. The molecular weight excluding hydrogens is 530 g/mol. The van der Waals surface area contributed by atoms with Gasteiger partial charge in [-0.15, -0.1) is 0 Å². The SMILES string of the molecule is CC(C)(C)CC1(C(=O)OCCC(C=O)Oc2ccc(C(=O)Oc3ccc(-c4ccc(C#N)cc4)cc3)cc2)CC1(C)C. The smallest absolute Gasteiger partial charge is 0.343 e. The molecule has 42 heavy (non-hydrogen) atoms. The van der Waals surface area contributed by atoms with Gasteiger partial charge in [0.15, 0.2) is 12.4 Å². The summed E-state index contributed by atoms with van der Waals surface area (Å²) in [6.07, 6.45) is 1.66. The first-order valence-corrected chi connectivity index (χ1v) is 14.1. The highest BCUT2D eigenvalue weighted by atomic mass is 16.5. The summed E-state index contributed by atoms with van der Waals surface area (Å²) in [5.41, 5.74) is 2.21. The van der Waals surface area contributed by atoms with E-state index in [1.807, 2.05) is 24.3 Å². The van der Waals surface area contributed by atoms with E-state index in [4.69, 9.17) is 19.5 Å². The van der Waals surface area contributed by atoms with Crippen LogP contribution in [0.5, 0.6) is 11.5 Å². The standard InChI is InChI=1S/C35H37NO6/c1-33(2,3)22-35(23-34(35,4)5)32(39)40-19-18-30(21-37)41-28-16-12-27(13-17-28)31(38)42-29-14-10-26(11-15-29)25-8-6-24(20-36)7-9-25/h6-17,21,30H,18-19,22-23H2,1-5H3. The largest absolute Gasteiger partial charge is 0.483 e. The van der Waals surface area contributed by atoms with Crippen molar-refractivity contribution in [3.8, 4) is 28.7 Å². The number of carbonyl (C=O) groups is 3. The van der Waals surface area contributed by atoms with Crippen molar-refractivity contribution in [1.29, 1.82) is 5.26 Å². The molecule has 3 aromatic rings. The zero-order valence-corrected chi connectivity index (χ0v) is 24.8. The van der Waals surface area contributed by atoms with Crippen LogP contribution in [0.3, 0.4) is 0 Å². The molecule has 0 spiro atoms. The van der Waals surface area contributed by atoms with Crippen LogP contribution < -0.4 is 9.47 Å². The zero-order valence-electron chi connectivity index (χ0n) is 24.8. The number of ether oxygens (including phenoxy) is 3. The lowest BCUT2D eigenvalue weighted by molar-refractivity contribution is -0.154. The minimum Gasteiger partial charge on any atom is -0.483 e. The van der Waals surface area contributed by atoms with Gasteiger partial charge in [0.1, 0.15) is 11.5 Å². The van der Waals surface area contributed by atoms with Gasteiger partial charge in [0.2, 0.25) is 0 Å². The van der Waals surface area contributed by atoms with E-state index in [0.717, 1.165) is 24.0 Å². The summed E-state index contributed by atoms with van der Waals surface area (Å²) < 4.78 is 16.9. The Labute approximate surface area is 247 Å². The molecule has 0 radical (unpaired) electrons. The summed E-state index contributed by atoms with van der Waals surface area (Å²) in [5.74, 6) is 0.0685. The highest BCUT2D eigenvalue weighted by Crippen LogP contribution is 2.68. The van der Waals surface area contributed by atoms with Gasteiger partial charge in [-0.2, -0.15) is 5.26 Å². The molecule has 1 saturated carbocycles. The molecule has 0 bridgehead atoms. The quantitative estimate of drug-likeness (QED) is 0.137. The summed E-state index contributed by atoms with van der Waals surface area (Å²) in [5, 5.41) is 8.96. The number of benzene rings is 3. The second kappa shape index (κ2) is 12.2.